The lowest BCUT2D eigenvalue weighted by atomic mass is 9.83. The Hall–Kier alpha value is -0.280. The molecule has 0 aliphatic rings. The zero-order valence-electron chi connectivity index (χ0n) is 8.54. The van der Waals surface area contributed by atoms with Crippen molar-refractivity contribution in [2.24, 2.45) is 11.7 Å². The van der Waals surface area contributed by atoms with E-state index in [1.807, 2.05) is 20.8 Å². The molecule has 0 radical (unpaired) electrons. The number of nitrogens with two attached hydrogens (primary N) is 1. The van der Waals surface area contributed by atoms with E-state index in [0.29, 0.717) is 6.42 Å². The molecule has 0 aromatic heterocycles. The van der Waals surface area contributed by atoms with Crippen molar-refractivity contribution in [2.75, 3.05) is 0 Å². The van der Waals surface area contributed by atoms with Gasteiger partial charge in [-0.2, -0.15) is 0 Å². The molecule has 80 valence electrons. The molecule has 0 heterocycles. The minimum atomic E-state index is -1.03. The molecular formula is C9H20ClNO2. The van der Waals surface area contributed by atoms with Crippen molar-refractivity contribution in [1.82, 2.24) is 0 Å². The number of carbonyl (C=O) groups is 1. The first kappa shape index (κ1) is 15.2. The summed E-state index contributed by atoms with van der Waals surface area (Å²) in [5.41, 5.74) is 4.74. The summed E-state index contributed by atoms with van der Waals surface area (Å²) in [5, 5.41) is 8.90. The van der Waals surface area contributed by atoms with Crippen LogP contribution in [0.25, 0.3) is 0 Å². The van der Waals surface area contributed by atoms with Crippen molar-refractivity contribution in [1.29, 1.82) is 0 Å². The highest BCUT2D eigenvalue weighted by Gasteiger charge is 2.36. The molecule has 0 saturated heterocycles. The van der Waals surface area contributed by atoms with Crippen LogP contribution in [0.15, 0.2) is 0 Å². The highest BCUT2D eigenvalue weighted by molar-refractivity contribution is 5.85. The third-order valence-electron chi connectivity index (χ3n) is 2.37. The number of aliphatic carboxylic acids is 1. The SMILES string of the molecule is CCCCC(N)(C(=O)O)C(C)C.Cl. The van der Waals surface area contributed by atoms with E-state index in [-0.39, 0.29) is 18.3 Å². The summed E-state index contributed by atoms with van der Waals surface area (Å²) < 4.78 is 0. The second kappa shape index (κ2) is 6.22. The molecule has 0 saturated carbocycles. The van der Waals surface area contributed by atoms with E-state index in [0.717, 1.165) is 12.8 Å². The lowest BCUT2D eigenvalue weighted by Gasteiger charge is -2.28. The molecule has 0 bridgehead atoms. The van der Waals surface area contributed by atoms with Crippen LogP contribution in [0.5, 0.6) is 0 Å². The molecule has 13 heavy (non-hydrogen) atoms. The standard InChI is InChI=1S/C9H19NO2.ClH/c1-4-5-6-9(10,7(2)3)8(11)12;/h7H,4-6,10H2,1-3H3,(H,11,12);1H. The fraction of sp³-hybridized carbons (Fsp3) is 0.889. The zero-order valence-corrected chi connectivity index (χ0v) is 9.36. The Balaban J connectivity index is 0. The summed E-state index contributed by atoms with van der Waals surface area (Å²) in [5.74, 6) is -0.896. The minimum absolute atomic E-state index is 0. The summed E-state index contributed by atoms with van der Waals surface area (Å²) in [6.45, 7) is 5.73. The Labute approximate surface area is 86.1 Å². The van der Waals surface area contributed by atoms with Gasteiger partial charge in [0.05, 0.1) is 0 Å². The average Bonchev–Trinajstić information content (AvgIpc) is 1.99. The average molecular weight is 210 g/mol. The van der Waals surface area contributed by atoms with Crippen LogP contribution >= 0.6 is 12.4 Å². The molecule has 0 spiro atoms. The highest BCUT2D eigenvalue weighted by Crippen LogP contribution is 2.21. The molecule has 4 heteroatoms. The van der Waals surface area contributed by atoms with Gasteiger partial charge in [0, 0.05) is 0 Å². The third kappa shape index (κ3) is 3.96. The number of carboxylic acid groups (broad SMARTS) is 1. The van der Waals surface area contributed by atoms with E-state index in [4.69, 9.17) is 10.8 Å². The Morgan fingerprint density at radius 3 is 2.23 bits per heavy atom. The molecule has 0 amide bonds. The number of rotatable bonds is 5. The Kier molecular flexibility index (Phi) is 7.27. The molecule has 0 aliphatic carbocycles. The Bertz CT molecular complexity index is 162. The molecule has 0 rings (SSSR count). The molecule has 3 N–H and O–H groups in total. The zero-order chi connectivity index (χ0) is 9.78. The number of carboxylic acids is 1. The first-order valence-electron chi connectivity index (χ1n) is 4.47. The Morgan fingerprint density at radius 1 is 1.54 bits per heavy atom. The van der Waals surface area contributed by atoms with Gasteiger partial charge in [-0.05, 0) is 12.3 Å². The number of hydrogen-bond donors (Lipinski definition) is 2. The summed E-state index contributed by atoms with van der Waals surface area (Å²) in [6, 6.07) is 0. The number of unbranched alkanes of at least 4 members (excludes halogenated alkanes) is 1. The van der Waals surface area contributed by atoms with E-state index in [2.05, 4.69) is 0 Å². The maximum absolute atomic E-state index is 10.8. The fourth-order valence-electron chi connectivity index (χ4n) is 1.11. The maximum Gasteiger partial charge on any atom is 0.323 e. The van der Waals surface area contributed by atoms with Gasteiger partial charge in [-0.25, -0.2) is 0 Å². The summed E-state index contributed by atoms with van der Waals surface area (Å²) in [7, 11) is 0. The van der Waals surface area contributed by atoms with Crippen LogP contribution in [-0.4, -0.2) is 16.6 Å². The predicted molar refractivity (Wildman–Crippen MR) is 56.2 cm³/mol. The van der Waals surface area contributed by atoms with Crippen LogP contribution in [0.4, 0.5) is 0 Å². The largest absolute Gasteiger partial charge is 0.480 e. The fourth-order valence-corrected chi connectivity index (χ4v) is 1.11. The topological polar surface area (TPSA) is 63.3 Å². The van der Waals surface area contributed by atoms with E-state index >= 15 is 0 Å². The maximum atomic E-state index is 10.8. The quantitative estimate of drug-likeness (QED) is 0.729. The van der Waals surface area contributed by atoms with Crippen LogP contribution in [-0.2, 0) is 4.79 Å². The highest BCUT2D eigenvalue weighted by atomic mass is 35.5. The molecule has 3 nitrogen and oxygen atoms in total. The van der Waals surface area contributed by atoms with Crippen molar-refractivity contribution in [3.63, 3.8) is 0 Å². The molecule has 0 aromatic carbocycles. The summed E-state index contributed by atoms with van der Waals surface area (Å²) in [4.78, 5) is 10.8. The lowest BCUT2D eigenvalue weighted by molar-refractivity contribution is -0.145. The van der Waals surface area contributed by atoms with E-state index in [1.165, 1.54) is 0 Å². The number of halogens is 1. The van der Waals surface area contributed by atoms with Gasteiger partial charge in [-0.15, -0.1) is 12.4 Å². The lowest BCUT2D eigenvalue weighted by Crippen LogP contribution is -2.52. The van der Waals surface area contributed by atoms with Crippen molar-refractivity contribution in [3.8, 4) is 0 Å². The van der Waals surface area contributed by atoms with Crippen molar-refractivity contribution < 1.29 is 9.90 Å². The van der Waals surface area contributed by atoms with Crippen LogP contribution < -0.4 is 5.73 Å². The van der Waals surface area contributed by atoms with Crippen LogP contribution in [0.2, 0.25) is 0 Å². The van der Waals surface area contributed by atoms with E-state index in [1.54, 1.807) is 0 Å². The van der Waals surface area contributed by atoms with Gasteiger partial charge in [0.2, 0.25) is 0 Å². The first-order chi connectivity index (χ1) is 5.45. The van der Waals surface area contributed by atoms with Gasteiger partial charge in [0.25, 0.3) is 0 Å². The van der Waals surface area contributed by atoms with E-state index in [9.17, 15) is 4.79 Å². The summed E-state index contributed by atoms with van der Waals surface area (Å²) >= 11 is 0. The normalized spacial score (nSPS) is 14.8. The van der Waals surface area contributed by atoms with Gasteiger partial charge in [-0.1, -0.05) is 33.6 Å². The molecule has 0 aliphatic heterocycles. The predicted octanol–water partition coefficient (Wildman–Crippen LogP) is 2.04. The van der Waals surface area contributed by atoms with Gasteiger partial charge in [-0.3, -0.25) is 4.79 Å². The first-order valence-corrected chi connectivity index (χ1v) is 4.47. The van der Waals surface area contributed by atoms with Crippen LogP contribution in [0, 0.1) is 5.92 Å². The van der Waals surface area contributed by atoms with Gasteiger partial charge >= 0.3 is 5.97 Å². The van der Waals surface area contributed by atoms with Crippen molar-refractivity contribution in [3.05, 3.63) is 0 Å². The second-order valence-corrected chi connectivity index (χ2v) is 3.60. The number of hydrogen-bond acceptors (Lipinski definition) is 2. The Morgan fingerprint density at radius 2 is 2.00 bits per heavy atom. The minimum Gasteiger partial charge on any atom is -0.480 e. The van der Waals surface area contributed by atoms with Gasteiger partial charge in [0.15, 0.2) is 0 Å². The molecule has 1 unspecified atom stereocenters. The second-order valence-electron chi connectivity index (χ2n) is 3.60. The van der Waals surface area contributed by atoms with Gasteiger partial charge < -0.3 is 10.8 Å². The van der Waals surface area contributed by atoms with Crippen molar-refractivity contribution in [2.45, 2.75) is 45.6 Å². The molecular weight excluding hydrogens is 190 g/mol. The molecule has 0 aromatic rings. The smallest absolute Gasteiger partial charge is 0.323 e. The molecule has 1 atom stereocenters. The monoisotopic (exact) mass is 209 g/mol. The van der Waals surface area contributed by atoms with Gasteiger partial charge in [0.1, 0.15) is 5.54 Å². The third-order valence-corrected chi connectivity index (χ3v) is 2.37. The van der Waals surface area contributed by atoms with E-state index < -0.39 is 11.5 Å². The van der Waals surface area contributed by atoms with Crippen LogP contribution in [0.1, 0.15) is 40.0 Å². The van der Waals surface area contributed by atoms with Crippen molar-refractivity contribution >= 4 is 18.4 Å². The van der Waals surface area contributed by atoms with Crippen LogP contribution in [0.3, 0.4) is 0 Å². The molecule has 0 fully saturated rings. The summed E-state index contributed by atoms with van der Waals surface area (Å²) in [6.07, 6.45) is 2.43.